The van der Waals surface area contributed by atoms with Crippen molar-refractivity contribution in [3.63, 3.8) is 0 Å². The van der Waals surface area contributed by atoms with Crippen LogP contribution in [0.4, 0.5) is 5.69 Å². The van der Waals surface area contributed by atoms with Gasteiger partial charge in [0, 0.05) is 37.2 Å². The van der Waals surface area contributed by atoms with Crippen LogP contribution in [0.3, 0.4) is 0 Å². The predicted octanol–water partition coefficient (Wildman–Crippen LogP) is 4.34. The summed E-state index contributed by atoms with van der Waals surface area (Å²) >= 11 is 12.3. The van der Waals surface area contributed by atoms with Gasteiger partial charge in [-0.15, -0.1) is 0 Å². The molecule has 3 aromatic rings. The minimum Gasteiger partial charge on any atom is -0.360 e. The lowest BCUT2D eigenvalue weighted by atomic mass is 10.1. The molecule has 0 radical (unpaired) electrons. The number of halogens is 2. The predicted molar refractivity (Wildman–Crippen MR) is 112 cm³/mol. The van der Waals surface area contributed by atoms with Crippen LogP contribution in [0.15, 0.2) is 55.0 Å². The van der Waals surface area contributed by atoms with E-state index < -0.39 is 0 Å². The number of nitrogens with zero attached hydrogens (tertiary/aromatic N) is 4. The molecule has 5 nitrogen and oxygen atoms in total. The Hall–Kier alpha value is -2.50. The number of piperazine rings is 1. The van der Waals surface area contributed by atoms with E-state index in [1.807, 2.05) is 59.0 Å². The van der Waals surface area contributed by atoms with E-state index in [0.29, 0.717) is 29.7 Å². The van der Waals surface area contributed by atoms with E-state index in [9.17, 15) is 4.79 Å². The van der Waals surface area contributed by atoms with E-state index in [2.05, 4.69) is 9.88 Å². The first-order valence-electron chi connectivity index (χ1n) is 9.08. The Bertz CT molecular complexity index is 1000. The average Bonchev–Trinajstić information content (AvgIpc) is 3.13. The van der Waals surface area contributed by atoms with E-state index in [1.54, 1.807) is 12.4 Å². The molecule has 7 heteroatoms. The molecule has 0 N–H and O–H groups in total. The smallest absolute Gasteiger partial charge is 0.242 e. The summed E-state index contributed by atoms with van der Waals surface area (Å²) in [7, 11) is 0. The number of hydrogen-bond donors (Lipinski definition) is 0. The van der Waals surface area contributed by atoms with Crippen LogP contribution in [0.1, 0.15) is 11.3 Å². The van der Waals surface area contributed by atoms with E-state index in [-0.39, 0.29) is 5.91 Å². The average molecular weight is 415 g/mol. The van der Waals surface area contributed by atoms with E-state index in [0.717, 1.165) is 29.2 Å². The Morgan fingerprint density at radius 1 is 1.04 bits per heavy atom. The summed E-state index contributed by atoms with van der Waals surface area (Å²) in [5.41, 5.74) is 3.93. The van der Waals surface area contributed by atoms with Crippen molar-refractivity contribution in [3.8, 4) is 5.69 Å². The molecule has 1 fully saturated rings. The maximum Gasteiger partial charge on any atom is 0.242 e. The normalized spacial score (nSPS) is 14.6. The number of aromatic nitrogens is 2. The highest BCUT2D eigenvalue weighted by Gasteiger charge is 2.25. The van der Waals surface area contributed by atoms with Crippen molar-refractivity contribution in [2.45, 2.75) is 13.5 Å². The lowest BCUT2D eigenvalue weighted by molar-refractivity contribution is -0.131. The fraction of sp³-hybridized carbons (Fsp3) is 0.238. The SMILES string of the molecule is Cc1cn(-c2ccc(N3CCN(Cc4cccc(Cl)c4Cl)C(=O)C3)cc2)cn1. The third kappa shape index (κ3) is 3.86. The molecule has 1 aliphatic heterocycles. The number of benzene rings is 2. The maximum atomic E-state index is 12.7. The fourth-order valence-electron chi connectivity index (χ4n) is 3.37. The second kappa shape index (κ2) is 7.86. The molecule has 0 bridgehead atoms. The summed E-state index contributed by atoms with van der Waals surface area (Å²) in [4.78, 5) is 20.8. The molecular formula is C21H20Cl2N4O. The number of carbonyl (C=O) groups excluding carboxylic acids is 1. The van der Waals surface area contributed by atoms with Crippen LogP contribution < -0.4 is 4.90 Å². The van der Waals surface area contributed by atoms with Crippen molar-refractivity contribution >= 4 is 34.8 Å². The van der Waals surface area contributed by atoms with Crippen LogP contribution in [0.5, 0.6) is 0 Å². The van der Waals surface area contributed by atoms with Gasteiger partial charge in [-0.05, 0) is 42.8 Å². The summed E-state index contributed by atoms with van der Waals surface area (Å²) in [6.45, 7) is 4.21. The Balaban J connectivity index is 1.42. The highest BCUT2D eigenvalue weighted by atomic mass is 35.5. The van der Waals surface area contributed by atoms with E-state index in [4.69, 9.17) is 23.2 Å². The summed E-state index contributed by atoms with van der Waals surface area (Å²) in [6.07, 6.45) is 3.78. The van der Waals surface area contributed by atoms with Gasteiger partial charge in [0.2, 0.25) is 5.91 Å². The Kier molecular flexibility index (Phi) is 5.29. The van der Waals surface area contributed by atoms with Crippen molar-refractivity contribution in [1.82, 2.24) is 14.5 Å². The van der Waals surface area contributed by atoms with Gasteiger partial charge < -0.3 is 14.4 Å². The van der Waals surface area contributed by atoms with Gasteiger partial charge in [-0.25, -0.2) is 4.98 Å². The third-order valence-electron chi connectivity index (χ3n) is 4.94. The van der Waals surface area contributed by atoms with Gasteiger partial charge in [-0.3, -0.25) is 4.79 Å². The molecule has 2 heterocycles. The molecule has 0 saturated carbocycles. The van der Waals surface area contributed by atoms with Gasteiger partial charge in [-0.2, -0.15) is 0 Å². The number of hydrogen-bond acceptors (Lipinski definition) is 3. The molecule has 28 heavy (non-hydrogen) atoms. The van der Waals surface area contributed by atoms with Crippen LogP contribution in [-0.2, 0) is 11.3 Å². The zero-order valence-electron chi connectivity index (χ0n) is 15.5. The largest absolute Gasteiger partial charge is 0.360 e. The van der Waals surface area contributed by atoms with Gasteiger partial charge >= 0.3 is 0 Å². The molecule has 1 saturated heterocycles. The molecule has 0 aliphatic carbocycles. The standard InChI is InChI=1S/C21H20Cl2N4O/c1-15-11-27(14-24-15)18-7-5-17(6-8-18)25-9-10-26(20(28)13-25)12-16-3-2-4-19(22)21(16)23/h2-8,11,14H,9-10,12-13H2,1H3. The molecule has 4 rings (SSSR count). The number of carbonyl (C=O) groups is 1. The highest BCUT2D eigenvalue weighted by molar-refractivity contribution is 6.42. The van der Waals surface area contributed by atoms with Crippen LogP contribution in [0.25, 0.3) is 5.69 Å². The first kappa shape index (κ1) is 18.8. The van der Waals surface area contributed by atoms with Gasteiger partial charge in [-0.1, -0.05) is 35.3 Å². The minimum absolute atomic E-state index is 0.0802. The van der Waals surface area contributed by atoms with Crippen LogP contribution in [0.2, 0.25) is 10.0 Å². The lowest BCUT2D eigenvalue weighted by Crippen LogP contribution is -2.50. The molecule has 1 amide bonds. The van der Waals surface area contributed by atoms with E-state index in [1.165, 1.54) is 0 Å². The number of anilines is 1. The Labute approximate surface area is 174 Å². The maximum absolute atomic E-state index is 12.7. The Morgan fingerprint density at radius 3 is 2.46 bits per heavy atom. The quantitative estimate of drug-likeness (QED) is 0.637. The van der Waals surface area contributed by atoms with Crippen molar-refractivity contribution in [1.29, 1.82) is 0 Å². The topological polar surface area (TPSA) is 41.4 Å². The molecule has 0 spiro atoms. The number of imidazole rings is 1. The zero-order valence-corrected chi connectivity index (χ0v) is 17.0. The second-order valence-corrected chi connectivity index (χ2v) is 7.67. The first-order chi connectivity index (χ1) is 13.5. The van der Waals surface area contributed by atoms with Gasteiger partial charge in [0.15, 0.2) is 0 Å². The number of amides is 1. The van der Waals surface area contributed by atoms with Crippen molar-refractivity contribution in [2.75, 3.05) is 24.5 Å². The summed E-state index contributed by atoms with van der Waals surface area (Å²) < 4.78 is 1.98. The Morgan fingerprint density at radius 2 is 1.79 bits per heavy atom. The van der Waals surface area contributed by atoms with Crippen molar-refractivity contribution < 1.29 is 4.79 Å². The van der Waals surface area contributed by atoms with Crippen LogP contribution in [0, 0.1) is 6.92 Å². The molecular weight excluding hydrogens is 395 g/mol. The lowest BCUT2D eigenvalue weighted by Gasteiger charge is -2.36. The monoisotopic (exact) mass is 414 g/mol. The van der Waals surface area contributed by atoms with Crippen molar-refractivity contribution in [3.05, 3.63) is 76.3 Å². The fourth-order valence-corrected chi connectivity index (χ4v) is 3.75. The van der Waals surface area contributed by atoms with Gasteiger partial charge in [0.25, 0.3) is 0 Å². The van der Waals surface area contributed by atoms with Crippen LogP contribution >= 0.6 is 23.2 Å². The van der Waals surface area contributed by atoms with E-state index >= 15 is 0 Å². The molecule has 144 valence electrons. The number of rotatable bonds is 4. The molecule has 1 aliphatic rings. The summed E-state index contributed by atoms with van der Waals surface area (Å²) in [5, 5.41) is 1.03. The van der Waals surface area contributed by atoms with Crippen LogP contribution in [-0.4, -0.2) is 40.0 Å². The first-order valence-corrected chi connectivity index (χ1v) is 9.83. The summed E-state index contributed by atoms with van der Waals surface area (Å²) in [5.74, 6) is 0.0802. The minimum atomic E-state index is 0.0802. The number of aryl methyl sites for hydroxylation is 1. The zero-order chi connectivity index (χ0) is 19.7. The molecule has 0 atom stereocenters. The van der Waals surface area contributed by atoms with Crippen molar-refractivity contribution in [2.24, 2.45) is 0 Å². The summed E-state index contributed by atoms with van der Waals surface area (Å²) in [6, 6.07) is 13.7. The molecule has 2 aromatic carbocycles. The third-order valence-corrected chi connectivity index (χ3v) is 5.79. The molecule has 1 aromatic heterocycles. The highest BCUT2D eigenvalue weighted by Crippen LogP contribution is 2.27. The van der Waals surface area contributed by atoms with Gasteiger partial charge in [0.1, 0.15) is 0 Å². The second-order valence-electron chi connectivity index (χ2n) is 6.89. The molecule has 0 unspecified atom stereocenters. The van der Waals surface area contributed by atoms with Gasteiger partial charge in [0.05, 0.1) is 28.6 Å².